The third-order valence-corrected chi connectivity index (χ3v) is 2.04. The Labute approximate surface area is 85.0 Å². The molecule has 0 aromatic heterocycles. The van der Waals surface area contributed by atoms with Crippen molar-refractivity contribution in [1.29, 1.82) is 0 Å². The molecule has 78 valence electrons. The normalized spacial score (nSPS) is 10.1. The zero-order valence-electron chi connectivity index (χ0n) is 8.62. The van der Waals surface area contributed by atoms with Crippen LogP contribution in [0.3, 0.4) is 0 Å². The molecule has 0 fully saturated rings. The summed E-state index contributed by atoms with van der Waals surface area (Å²) in [5, 5.41) is 0. The number of benzene rings is 1. The summed E-state index contributed by atoms with van der Waals surface area (Å²) < 4.78 is 5.51. The molecule has 0 saturated heterocycles. The van der Waals surface area contributed by atoms with Crippen molar-refractivity contribution in [3.8, 4) is 5.75 Å². The van der Waals surface area contributed by atoms with Crippen LogP contribution in [0, 0.1) is 0 Å². The highest BCUT2D eigenvalue weighted by molar-refractivity contribution is 5.59. The van der Waals surface area contributed by atoms with Gasteiger partial charge >= 0.3 is 0 Å². The maximum Gasteiger partial charge on any atom is 0.144 e. The number of rotatable bonds is 5. The van der Waals surface area contributed by atoms with Crippen molar-refractivity contribution < 1.29 is 4.74 Å². The maximum absolute atomic E-state index is 5.72. The third kappa shape index (κ3) is 3.17. The summed E-state index contributed by atoms with van der Waals surface area (Å²) in [4.78, 5) is 0. The molecule has 1 aromatic rings. The Hall–Kier alpha value is -1.38. The second kappa shape index (κ2) is 5.37. The van der Waals surface area contributed by atoms with Gasteiger partial charge in [0.1, 0.15) is 5.75 Å². The summed E-state index contributed by atoms with van der Waals surface area (Å²) in [5.41, 5.74) is 12.7. The molecule has 0 aliphatic heterocycles. The number of nitrogens with two attached hydrogens (primary N) is 2. The molecule has 1 aromatic carbocycles. The summed E-state index contributed by atoms with van der Waals surface area (Å²) >= 11 is 0. The van der Waals surface area contributed by atoms with E-state index >= 15 is 0 Å². The van der Waals surface area contributed by atoms with Gasteiger partial charge in [0.25, 0.3) is 0 Å². The van der Waals surface area contributed by atoms with Gasteiger partial charge in [-0.3, -0.25) is 0 Å². The molecule has 0 radical (unpaired) electrons. The maximum atomic E-state index is 5.72. The van der Waals surface area contributed by atoms with Crippen molar-refractivity contribution >= 4 is 11.4 Å². The van der Waals surface area contributed by atoms with E-state index in [1.54, 1.807) is 18.2 Å². The van der Waals surface area contributed by atoms with Gasteiger partial charge in [-0.05, 0) is 18.6 Å². The van der Waals surface area contributed by atoms with Crippen LogP contribution in [0.5, 0.6) is 5.75 Å². The van der Waals surface area contributed by atoms with E-state index in [9.17, 15) is 0 Å². The smallest absolute Gasteiger partial charge is 0.144 e. The molecular formula is C11H18N2O. The van der Waals surface area contributed by atoms with E-state index in [4.69, 9.17) is 16.2 Å². The number of nitrogen functional groups attached to an aromatic ring is 2. The zero-order chi connectivity index (χ0) is 10.4. The molecule has 14 heavy (non-hydrogen) atoms. The van der Waals surface area contributed by atoms with Crippen LogP contribution in [0.1, 0.15) is 26.2 Å². The molecule has 0 aliphatic carbocycles. The first-order valence-electron chi connectivity index (χ1n) is 5.02. The van der Waals surface area contributed by atoms with Crippen LogP contribution in [0.2, 0.25) is 0 Å². The molecule has 0 unspecified atom stereocenters. The second-order valence-corrected chi connectivity index (χ2v) is 3.35. The largest absolute Gasteiger partial charge is 0.491 e. The van der Waals surface area contributed by atoms with Crippen molar-refractivity contribution in [3.05, 3.63) is 18.2 Å². The van der Waals surface area contributed by atoms with Gasteiger partial charge in [0.2, 0.25) is 0 Å². The SMILES string of the molecule is CCCCCOc1cc(N)ccc1N. The van der Waals surface area contributed by atoms with Crippen LogP contribution in [-0.4, -0.2) is 6.61 Å². The molecule has 4 N–H and O–H groups in total. The number of ether oxygens (including phenoxy) is 1. The van der Waals surface area contributed by atoms with Gasteiger partial charge in [-0.1, -0.05) is 19.8 Å². The first-order chi connectivity index (χ1) is 6.74. The molecule has 1 rings (SSSR count). The number of unbranched alkanes of at least 4 members (excludes halogenated alkanes) is 2. The highest BCUT2D eigenvalue weighted by Crippen LogP contribution is 2.23. The second-order valence-electron chi connectivity index (χ2n) is 3.35. The van der Waals surface area contributed by atoms with Gasteiger partial charge in [-0.15, -0.1) is 0 Å². The van der Waals surface area contributed by atoms with E-state index in [-0.39, 0.29) is 0 Å². The number of hydrogen-bond acceptors (Lipinski definition) is 3. The van der Waals surface area contributed by atoms with Gasteiger partial charge in [-0.2, -0.15) is 0 Å². The summed E-state index contributed by atoms with van der Waals surface area (Å²) in [6.07, 6.45) is 3.43. The lowest BCUT2D eigenvalue weighted by atomic mass is 10.2. The van der Waals surface area contributed by atoms with E-state index < -0.39 is 0 Å². The minimum absolute atomic E-state index is 0.649. The first kappa shape index (κ1) is 10.7. The van der Waals surface area contributed by atoms with Crippen LogP contribution in [0.4, 0.5) is 11.4 Å². The van der Waals surface area contributed by atoms with Crippen molar-refractivity contribution in [1.82, 2.24) is 0 Å². The van der Waals surface area contributed by atoms with Crippen molar-refractivity contribution in [2.75, 3.05) is 18.1 Å². The summed E-state index contributed by atoms with van der Waals surface area (Å²) in [5.74, 6) is 0.695. The minimum atomic E-state index is 0.649. The lowest BCUT2D eigenvalue weighted by Crippen LogP contribution is -2.01. The Morgan fingerprint density at radius 2 is 2.00 bits per heavy atom. The van der Waals surface area contributed by atoms with E-state index in [0.717, 1.165) is 6.42 Å². The molecule has 0 bridgehead atoms. The fourth-order valence-corrected chi connectivity index (χ4v) is 1.21. The average Bonchev–Trinajstić information content (AvgIpc) is 2.18. The summed E-state index contributed by atoms with van der Waals surface area (Å²) in [7, 11) is 0. The van der Waals surface area contributed by atoms with Crippen LogP contribution in [0.15, 0.2) is 18.2 Å². The van der Waals surface area contributed by atoms with Crippen LogP contribution >= 0.6 is 0 Å². The highest BCUT2D eigenvalue weighted by atomic mass is 16.5. The average molecular weight is 194 g/mol. The molecule has 0 spiro atoms. The first-order valence-corrected chi connectivity index (χ1v) is 5.02. The van der Waals surface area contributed by atoms with Crippen LogP contribution < -0.4 is 16.2 Å². The van der Waals surface area contributed by atoms with Crippen LogP contribution in [0.25, 0.3) is 0 Å². The molecule has 0 atom stereocenters. The monoisotopic (exact) mass is 194 g/mol. The van der Waals surface area contributed by atoms with Gasteiger partial charge in [0, 0.05) is 11.8 Å². The van der Waals surface area contributed by atoms with E-state index in [0.29, 0.717) is 23.7 Å². The van der Waals surface area contributed by atoms with Gasteiger partial charge in [0.05, 0.1) is 12.3 Å². The topological polar surface area (TPSA) is 61.3 Å². The Balaban J connectivity index is 2.45. The number of hydrogen-bond donors (Lipinski definition) is 2. The van der Waals surface area contributed by atoms with Gasteiger partial charge < -0.3 is 16.2 Å². The minimum Gasteiger partial charge on any atom is -0.491 e. The Kier molecular flexibility index (Phi) is 4.11. The fraction of sp³-hybridized carbons (Fsp3) is 0.455. The molecule has 0 aliphatic rings. The lowest BCUT2D eigenvalue weighted by Gasteiger charge is -2.08. The van der Waals surface area contributed by atoms with Gasteiger partial charge in [-0.25, -0.2) is 0 Å². The fourth-order valence-electron chi connectivity index (χ4n) is 1.21. The van der Waals surface area contributed by atoms with E-state index in [1.165, 1.54) is 12.8 Å². The molecule has 0 heterocycles. The van der Waals surface area contributed by atoms with E-state index in [1.807, 2.05) is 0 Å². The molecule has 3 nitrogen and oxygen atoms in total. The Morgan fingerprint density at radius 1 is 1.21 bits per heavy atom. The quantitative estimate of drug-likeness (QED) is 0.559. The van der Waals surface area contributed by atoms with Crippen LogP contribution in [-0.2, 0) is 0 Å². The highest BCUT2D eigenvalue weighted by Gasteiger charge is 1.99. The van der Waals surface area contributed by atoms with E-state index in [2.05, 4.69) is 6.92 Å². The molecular weight excluding hydrogens is 176 g/mol. The Morgan fingerprint density at radius 3 is 2.71 bits per heavy atom. The van der Waals surface area contributed by atoms with Crippen molar-refractivity contribution in [3.63, 3.8) is 0 Å². The summed E-state index contributed by atoms with van der Waals surface area (Å²) in [6.45, 7) is 2.87. The predicted molar refractivity (Wildman–Crippen MR) is 60.3 cm³/mol. The van der Waals surface area contributed by atoms with Crippen molar-refractivity contribution in [2.45, 2.75) is 26.2 Å². The predicted octanol–water partition coefficient (Wildman–Crippen LogP) is 2.42. The van der Waals surface area contributed by atoms with Gasteiger partial charge in [0.15, 0.2) is 0 Å². The Bertz CT molecular complexity index is 287. The molecule has 3 heteroatoms. The lowest BCUT2D eigenvalue weighted by molar-refractivity contribution is 0.308. The molecule has 0 saturated carbocycles. The van der Waals surface area contributed by atoms with Crippen molar-refractivity contribution in [2.24, 2.45) is 0 Å². The number of anilines is 2. The molecule has 0 amide bonds. The summed E-state index contributed by atoms with van der Waals surface area (Å²) in [6, 6.07) is 5.31. The standard InChI is InChI=1S/C11H18N2O/c1-2-3-4-7-14-11-8-9(12)5-6-10(11)13/h5-6,8H,2-4,7,12-13H2,1H3. The zero-order valence-corrected chi connectivity index (χ0v) is 8.62. The third-order valence-electron chi connectivity index (χ3n) is 2.04.